The standard InChI is InChI=1S/C16H17F2NS/c1-19-14(8-11-7-12(17)5-6-13(11)18)16-9-10-3-2-4-15(10)20-16/h5-7,9,14,19H,2-4,8H2,1H3. The zero-order valence-electron chi connectivity index (χ0n) is 11.4. The van der Waals surface area contributed by atoms with Crippen molar-refractivity contribution in [2.45, 2.75) is 31.7 Å². The number of benzene rings is 1. The fourth-order valence-corrected chi connectivity index (χ4v) is 4.16. The second-order valence-corrected chi connectivity index (χ2v) is 6.40. The first-order valence-electron chi connectivity index (χ1n) is 6.90. The minimum absolute atomic E-state index is 0.0434. The highest BCUT2D eigenvalue weighted by Crippen LogP contribution is 2.35. The third kappa shape index (κ3) is 2.63. The number of hydrogen-bond acceptors (Lipinski definition) is 2. The van der Waals surface area contributed by atoms with Crippen LogP contribution in [0.15, 0.2) is 24.3 Å². The van der Waals surface area contributed by atoms with Gasteiger partial charge in [-0.1, -0.05) is 0 Å². The molecule has 0 radical (unpaired) electrons. The molecule has 1 aliphatic carbocycles. The topological polar surface area (TPSA) is 12.0 Å². The number of nitrogens with one attached hydrogen (secondary N) is 1. The molecular formula is C16H17F2NS. The first-order chi connectivity index (χ1) is 9.67. The summed E-state index contributed by atoms with van der Waals surface area (Å²) in [5.74, 6) is -0.722. The summed E-state index contributed by atoms with van der Waals surface area (Å²) < 4.78 is 27.0. The molecular weight excluding hydrogens is 276 g/mol. The van der Waals surface area contributed by atoms with Gasteiger partial charge in [-0.3, -0.25) is 0 Å². The lowest BCUT2D eigenvalue weighted by Crippen LogP contribution is -2.18. The van der Waals surface area contributed by atoms with E-state index in [1.165, 1.54) is 33.9 Å². The van der Waals surface area contributed by atoms with Crippen molar-refractivity contribution < 1.29 is 8.78 Å². The number of rotatable bonds is 4. The summed E-state index contributed by atoms with van der Waals surface area (Å²) in [6.07, 6.45) is 4.02. The summed E-state index contributed by atoms with van der Waals surface area (Å²) in [6, 6.07) is 5.92. The Kier molecular flexibility index (Phi) is 3.85. The van der Waals surface area contributed by atoms with E-state index in [4.69, 9.17) is 0 Å². The Morgan fingerprint density at radius 3 is 2.85 bits per heavy atom. The van der Waals surface area contributed by atoms with Gasteiger partial charge in [0.25, 0.3) is 0 Å². The fraction of sp³-hybridized carbons (Fsp3) is 0.375. The van der Waals surface area contributed by atoms with Crippen molar-refractivity contribution in [1.82, 2.24) is 5.32 Å². The minimum atomic E-state index is -0.384. The van der Waals surface area contributed by atoms with Gasteiger partial charge in [0.15, 0.2) is 0 Å². The van der Waals surface area contributed by atoms with E-state index in [9.17, 15) is 8.78 Å². The highest BCUT2D eigenvalue weighted by Gasteiger charge is 2.20. The molecule has 1 heterocycles. The number of likely N-dealkylation sites (N-methyl/N-ethyl adjacent to an activating group) is 1. The summed E-state index contributed by atoms with van der Waals surface area (Å²) in [4.78, 5) is 2.68. The predicted molar refractivity (Wildman–Crippen MR) is 78.2 cm³/mol. The molecule has 0 amide bonds. The molecule has 2 aromatic rings. The maximum Gasteiger partial charge on any atom is 0.126 e. The highest BCUT2D eigenvalue weighted by atomic mass is 32.1. The Bertz CT molecular complexity index is 599. The number of fused-ring (bicyclic) bond motifs is 1. The lowest BCUT2D eigenvalue weighted by atomic mass is 10.0. The number of hydrogen-bond donors (Lipinski definition) is 1. The van der Waals surface area contributed by atoms with Crippen LogP contribution < -0.4 is 5.32 Å². The number of thiophene rings is 1. The minimum Gasteiger partial charge on any atom is -0.312 e. The van der Waals surface area contributed by atoms with E-state index in [0.29, 0.717) is 12.0 Å². The van der Waals surface area contributed by atoms with Crippen LogP contribution in [0.5, 0.6) is 0 Å². The molecule has 0 spiro atoms. The van der Waals surface area contributed by atoms with Gasteiger partial charge >= 0.3 is 0 Å². The van der Waals surface area contributed by atoms with Gasteiger partial charge in [-0.25, -0.2) is 8.78 Å². The van der Waals surface area contributed by atoms with Crippen LogP contribution in [0.2, 0.25) is 0 Å². The van der Waals surface area contributed by atoms with Gasteiger partial charge in [-0.05, 0) is 68.1 Å². The third-order valence-corrected chi connectivity index (χ3v) is 5.24. The molecule has 1 aliphatic rings. The molecule has 106 valence electrons. The van der Waals surface area contributed by atoms with E-state index in [0.717, 1.165) is 18.9 Å². The third-order valence-electron chi connectivity index (χ3n) is 3.89. The Balaban J connectivity index is 1.84. The maximum atomic E-state index is 13.8. The zero-order valence-corrected chi connectivity index (χ0v) is 12.2. The van der Waals surface area contributed by atoms with E-state index in [2.05, 4.69) is 11.4 Å². The van der Waals surface area contributed by atoms with Crippen LogP contribution >= 0.6 is 11.3 Å². The van der Waals surface area contributed by atoms with Gasteiger partial charge in [0, 0.05) is 15.8 Å². The lowest BCUT2D eigenvalue weighted by Gasteiger charge is -2.15. The van der Waals surface area contributed by atoms with Gasteiger partial charge in [0.2, 0.25) is 0 Å². The normalized spacial score (nSPS) is 15.3. The molecule has 1 aromatic heterocycles. The smallest absolute Gasteiger partial charge is 0.126 e. The molecule has 1 nitrogen and oxygen atoms in total. The van der Waals surface area contributed by atoms with Crippen LogP contribution in [0.1, 0.15) is 33.3 Å². The van der Waals surface area contributed by atoms with E-state index in [1.807, 2.05) is 7.05 Å². The van der Waals surface area contributed by atoms with Gasteiger partial charge in [0.05, 0.1) is 0 Å². The van der Waals surface area contributed by atoms with Crippen LogP contribution in [0.3, 0.4) is 0 Å². The fourth-order valence-electron chi connectivity index (χ4n) is 2.79. The summed E-state index contributed by atoms with van der Waals surface area (Å²) in [5, 5.41) is 3.22. The molecule has 1 atom stereocenters. The van der Waals surface area contributed by atoms with Crippen LogP contribution in [0.25, 0.3) is 0 Å². The monoisotopic (exact) mass is 293 g/mol. The molecule has 0 saturated carbocycles. The van der Waals surface area contributed by atoms with Crippen LogP contribution in [0.4, 0.5) is 8.78 Å². The second-order valence-electron chi connectivity index (χ2n) is 5.23. The van der Waals surface area contributed by atoms with Gasteiger partial charge in [-0.15, -0.1) is 11.3 Å². The molecule has 1 N–H and O–H groups in total. The quantitative estimate of drug-likeness (QED) is 0.898. The molecule has 0 aliphatic heterocycles. The molecule has 1 unspecified atom stereocenters. The van der Waals surface area contributed by atoms with Gasteiger partial charge < -0.3 is 5.32 Å². The highest BCUT2D eigenvalue weighted by molar-refractivity contribution is 7.12. The molecule has 1 aromatic carbocycles. The predicted octanol–water partition coefficient (Wildman–Crippen LogP) is 4.02. The van der Waals surface area contributed by atoms with E-state index in [1.54, 1.807) is 11.3 Å². The van der Waals surface area contributed by atoms with Gasteiger partial charge in [0.1, 0.15) is 11.6 Å². The molecule has 20 heavy (non-hydrogen) atoms. The first-order valence-corrected chi connectivity index (χ1v) is 7.71. The van der Waals surface area contributed by atoms with Crippen molar-refractivity contribution >= 4 is 11.3 Å². The molecule has 0 fully saturated rings. The maximum absolute atomic E-state index is 13.8. The largest absolute Gasteiger partial charge is 0.312 e. The van der Waals surface area contributed by atoms with Crippen LogP contribution in [-0.4, -0.2) is 7.05 Å². The SMILES string of the molecule is CNC(Cc1cc(F)ccc1F)c1cc2c(s1)CCC2. The van der Waals surface area contributed by atoms with Crippen molar-refractivity contribution in [1.29, 1.82) is 0 Å². The molecule has 3 rings (SSSR count). The Labute approximate surface area is 121 Å². The summed E-state index contributed by atoms with van der Waals surface area (Å²) in [5.41, 5.74) is 1.86. The van der Waals surface area contributed by atoms with Crippen LogP contribution in [0, 0.1) is 11.6 Å². The number of halogens is 2. The summed E-state index contributed by atoms with van der Waals surface area (Å²) in [6.45, 7) is 0. The average Bonchev–Trinajstić information content (AvgIpc) is 3.00. The molecule has 0 bridgehead atoms. The van der Waals surface area contributed by atoms with E-state index in [-0.39, 0.29) is 17.7 Å². The Hall–Kier alpha value is -1.26. The Morgan fingerprint density at radius 1 is 1.25 bits per heavy atom. The Morgan fingerprint density at radius 2 is 2.10 bits per heavy atom. The molecule has 0 saturated heterocycles. The lowest BCUT2D eigenvalue weighted by molar-refractivity contribution is 0.548. The zero-order chi connectivity index (χ0) is 14.1. The van der Waals surface area contributed by atoms with Crippen molar-refractivity contribution in [3.8, 4) is 0 Å². The summed E-state index contributed by atoms with van der Waals surface area (Å²) in [7, 11) is 1.87. The van der Waals surface area contributed by atoms with Crippen molar-refractivity contribution in [2.75, 3.05) is 7.05 Å². The average molecular weight is 293 g/mol. The second kappa shape index (κ2) is 5.62. The van der Waals surface area contributed by atoms with Crippen molar-refractivity contribution in [3.05, 3.63) is 56.8 Å². The number of aryl methyl sites for hydroxylation is 2. The molecule has 4 heteroatoms. The van der Waals surface area contributed by atoms with Crippen molar-refractivity contribution in [3.63, 3.8) is 0 Å². The van der Waals surface area contributed by atoms with Gasteiger partial charge in [-0.2, -0.15) is 0 Å². The van der Waals surface area contributed by atoms with Crippen LogP contribution in [-0.2, 0) is 19.3 Å². The van der Waals surface area contributed by atoms with E-state index < -0.39 is 0 Å². The summed E-state index contributed by atoms with van der Waals surface area (Å²) >= 11 is 1.81. The first kappa shape index (κ1) is 13.7. The van der Waals surface area contributed by atoms with Crippen molar-refractivity contribution in [2.24, 2.45) is 0 Å². The van der Waals surface area contributed by atoms with E-state index >= 15 is 0 Å².